The van der Waals surface area contributed by atoms with Crippen LogP contribution in [0.25, 0.3) is 0 Å². The molecule has 0 spiro atoms. The molecule has 1 saturated carbocycles. The van der Waals surface area contributed by atoms with E-state index in [0.29, 0.717) is 11.5 Å². The minimum atomic E-state index is -4.41. The fourth-order valence-electron chi connectivity index (χ4n) is 3.80. The number of nitriles is 1. The molecular weight excluding hydrogens is 410 g/mol. The lowest BCUT2D eigenvalue weighted by Crippen LogP contribution is -2.49. The molecule has 1 aliphatic carbocycles. The van der Waals surface area contributed by atoms with Crippen molar-refractivity contribution in [2.24, 2.45) is 5.92 Å². The average Bonchev–Trinajstić information content (AvgIpc) is 2.69. The fourth-order valence-corrected chi connectivity index (χ4v) is 3.80. The van der Waals surface area contributed by atoms with Gasteiger partial charge in [-0.1, -0.05) is 19.1 Å². The molecule has 0 radical (unpaired) electrons. The third-order valence-electron chi connectivity index (χ3n) is 5.60. The number of carbonyl (C=O) groups excluding carboxylic acids is 1. The van der Waals surface area contributed by atoms with Gasteiger partial charge in [0.1, 0.15) is 5.82 Å². The van der Waals surface area contributed by atoms with E-state index in [1.165, 1.54) is 29.2 Å². The number of likely N-dealkylation sites (N-methyl/N-ethyl adjacent to an activating group) is 1. The highest BCUT2D eigenvalue weighted by Crippen LogP contribution is 2.33. The summed E-state index contributed by atoms with van der Waals surface area (Å²) in [4.78, 5) is 16.2. The van der Waals surface area contributed by atoms with E-state index in [4.69, 9.17) is 5.26 Å². The van der Waals surface area contributed by atoms with Crippen molar-refractivity contribution in [1.82, 2.24) is 4.90 Å². The molecular formula is C23H23F4N3O. The van der Waals surface area contributed by atoms with Gasteiger partial charge in [0.05, 0.1) is 29.4 Å². The van der Waals surface area contributed by atoms with E-state index in [2.05, 4.69) is 6.92 Å². The first-order chi connectivity index (χ1) is 14.6. The highest BCUT2D eigenvalue weighted by molar-refractivity contribution is 5.82. The predicted molar refractivity (Wildman–Crippen MR) is 109 cm³/mol. The van der Waals surface area contributed by atoms with Gasteiger partial charge in [-0.3, -0.25) is 4.79 Å². The quantitative estimate of drug-likeness (QED) is 0.604. The molecule has 0 bridgehead atoms. The molecule has 0 aromatic heterocycles. The molecule has 0 N–H and O–H groups in total. The zero-order valence-electron chi connectivity index (χ0n) is 17.3. The summed E-state index contributed by atoms with van der Waals surface area (Å²) in [5.74, 6) is -0.356. The van der Waals surface area contributed by atoms with Gasteiger partial charge in [-0.25, -0.2) is 4.39 Å². The summed E-state index contributed by atoms with van der Waals surface area (Å²) in [6, 6.07) is 10.7. The molecule has 2 aromatic carbocycles. The van der Waals surface area contributed by atoms with Gasteiger partial charge in [0, 0.05) is 19.6 Å². The smallest absolute Gasteiger partial charge is 0.363 e. The van der Waals surface area contributed by atoms with Crippen molar-refractivity contribution in [1.29, 1.82) is 5.26 Å². The van der Waals surface area contributed by atoms with Crippen LogP contribution in [0, 0.1) is 23.1 Å². The number of nitrogens with zero attached hydrogens (tertiary/aromatic N) is 3. The third-order valence-corrected chi connectivity index (χ3v) is 5.60. The molecule has 0 aliphatic heterocycles. The highest BCUT2D eigenvalue weighted by Gasteiger charge is 2.34. The Morgan fingerprint density at radius 1 is 1.16 bits per heavy atom. The van der Waals surface area contributed by atoms with E-state index in [0.717, 1.165) is 31.0 Å². The fraction of sp³-hybridized carbons (Fsp3) is 0.391. The molecule has 0 saturated heterocycles. The van der Waals surface area contributed by atoms with Gasteiger partial charge >= 0.3 is 6.18 Å². The van der Waals surface area contributed by atoms with E-state index < -0.39 is 17.6 Å². The maximum Gasteiger partial charge on any atom is 0.416 e. The van der Waals surface area contributed by atoms with Gasteiger partial charge in [-0.2, -0.15) is 18.4 Å². The van der Waals surface area contributed by atoms with Gasteiger partial charge < -0.3 is 9.80 Å². The van der Waals surface area contributed by atoms with Crippen molar-refractivity contribution < 1.29 is 22.4 Å². The summed E-state index contributed by atoms with van der Waals surface area (Å²) in [6.07, 6.45) is -2.77. The van der Waals surface area contributed by atoms with Crippen LogP contribution in [0.5, 0.6) is 0 Å². The van der Waals surface area contributed by atoms with Crippen LogP contribution in [0.2, 0.25) is 0 Å². The number of alkyl halides is 3. The van der Waals surface area contributed by atoms with Gasteiger partial charge in [-0.05, 0) is 54.7 Å². The Hall–Kier alpha value is -3.08. The molecule has 8 heteroatoms. The summed E-state index contributed by atoms with van der Waals surface area (Å²) in [5.41, 5.74) is 0.257. The van der Waals surface area contributed by atoms with Crippen LogP contribution in [0.15, 0.2) is 42.5 Å². The zero-order chi connectivity index (χ0) is 22.8. The number of carbonyl (C=O) groups is 1. The molecule has 0 heterocycles. The zero-order valence-corrected chi connectivity index (χ0v) is 17.3. The highest BCUT2D eigenvalue weighted by atomic mass is 19.4. The standard InChI is InChI=1S/C23H23F4N3O/c1-15-9-19(10-15)30(13-16-3-6-18(7-4-16)23(25,26)27)22(31)14-29(2)21-8-5-17(12-28)11-20(21)24/h3-8,11,15,19H,9-10,13-14H2,1-2H3. The van der Waals surface area contributed by atoms with Gasteiger partial charge in [0.15, 0.2) is 0 Å². The minimum absolute atomic E-state index is 0.00371. The molecule has 3 rings (SSSR count). The molecule has 1 fully saturated rings. The molecule has 164 valence electrons. The van der Waals surface area contributed by atoms with Gasteiger partial charge in [0.2, 0.25) is 5.91 Å². The van der Waals surface area contributed by atoms with Crippen molar-refractivity contribution >= 4 is 11.6 Å². The molecule has 0 unspecified atom stereocenters. The summed E-state index contributed by atoms with van der Waals surface area (Å²) in [5, 5.41) is 8.87. The van der Waals surface area contributed by atoms with Crippen LogP contribution < -0.4 is 4.90 Å². The molecule has 1 aliphatic rings. The maximum absolute atomic E-state index is 14.3. The summed E-state index contributed by atoms with van der Waals surface area (Å²) < 4.78 is 52.7. The Balaban J connectivity index is 1.74. The van der Waals surface area contributed by atoms with Crippen molar-refractivity contribution in [3.63, 3.8) is 0 Å². The second-order valence-corrected chi connectivity index (χ2v) is 8.08. The third kappa shape index (κ3) is 5.35. The number of amides is 1. The lowest BCUT2D eigenvalue weighted by Gasteiger charge is -2.42. The Morgan fingerprint density at radius 2 is 1.81 bits per heavy atom. The van der Waals surface area contributed by atoms with E-state index in [-0.39, 0.29) is 36.3 Å². The van der Waals surface area contributed by atoms with E-state index in [1.807, 2.05) is 6.07 Å². The summed E-state index contributed by atoms with van der Waals surface area (Å²) >= 11 is 0. The molecule has 4 nitrogen and oxygen atoms in total. The van der Waals surface area contributed by atoms with Crippen LogP contribution >= 0.6 is 0 Å². The van der Waals surface area contributed by atoms with Crippen LogP contribution in [0.4, 0.5) is 23.2 Å². The Bertz CT molecular complexity index is 976. The molecule has 31 heavy (non-hydrogen) atoms. The maximum atomic E-state index is 14.3. The number of hydrogen-bond acceptors (Lipinski definition) is 3. The normalized spacial score (nSPS) is 18.1. The lowest BCUT2D eigenvalue weighted by atomic mass is 9.80. The van der Waals surface area contributed by atoms with Gasteiger partial charge in [0.25, 0.3) is 0 Å². The number of benzene rings is 2. The number of rotatable bonds is 6. The molecule has 0 atom stereocenters. The molecule has 1 amide bonds. The van der Waals surface area contributed by atoms with Gasteiger partial charge in [-0.15, -0.1) is 0 Å². The largest absolute Gasteiger partial charge is 0.416 e. The summed E-state index contributed by atoms with van der Waals surface area (Å²) in [6.45, 7) is 2.18. The van der Waals surface area contributed by atoms with Crippen LogP contribution in [-0.2, 0) is 17.5 Å². The first-order valence-electron chi connectivity index (χ1n) is 9.95. The van der Waals surface area contributed by atoms with E-state index in [9.17, 15) is 22.4 Å². The van der Waals surface area contributed by atoms with E-state index in [1.54, 1.807) is 11.9 Å². The second-order valence-electron chi connectivity index (χ2n) is 8.08. The first-order valence-corrected chi connectivity index (χ1v) is 9.95. The van der Waals surface area contributed by atoms with Crippen molar-refractivity contribution in [3.05, 3.63) is 65.0 Å². The van der Waals surface area contributed by atoms with Crippen LogP contribution in [0.3, 0.4) is 0 Å². The van der Waals surface area contributed by atoms with Crippen molar-refractivity contribution in [2.75, 3.05) is 18.5 Å². The predicted octanol–water partition coefficient (Wildman–Crippen LogP) is 4.98. The topological polar surface area (TPSA) is 47.3 Å². The Morgan fingerprint density at radius 3 is 2.32 bits per heavy atom. The van der Waals surface area contributed by atoms with E-state index >= 15 is 0 Å². The minimum Gasteiger partial charge on any atom is -0.363 e. The van der Waals surface area contributed by atoms with Crippen molar-refractivity contribution in [2.45, 2.75) is 38.5 Å². The molecule has 2 aromatic rings. The number of hydrogen-bond donors (Lipinski definition) is 0. The Labute approximate surface area is 178 Å². The average molecular weight is 433 g/mol. The van der Waals surface area contributed by atoms with Crippen LogP contribution in [0.1, 0.15) is 36.5 Å². The number of halogens is 4. The second kappa shape index (κ2) is 8.96. The Kier molecular flexibility index (Phi) is 6.54. The summed E-state index contributed by atoms with van der Waals surface area (Å²) in [7, 11) is 1.59. The van der Waals surface area contributed by atoms with Crippen molar-refractivity contribution in [3.8, 4) is 6.07 Å². The number of anilines is 1. The lowest BCUT2D eigenvalue weighted by molar-refractivity contribution is -0.138. The monoisotopic (exact) mass is 433 g/mol. The first kappa shape index (κ1) is 22.6. The van der Waals surface area contributed by atoms with Crippen LogP contribution in [-0.4, -0.2) is 30.4 Å². The SMILES string of the molecule is CC1CC(N(Cc2ccc(C(F)(F)F)cc2)C(=O)CN(C)c2ccc(C#N)cc2F)C1.